The van der Waals surface area contributed by atoms with Crippen LogP contribution in [0.25, 0.3) is 0 Å². The predicted molar refractivity (Wildman–Crippen MR) is 137 cm³/mol. The van der Waals surface area contributed by atoms with Crippen LogP contribution in [0.3, 0.4) is 0 Å². The zero-order valence-electron chi connectivity index (χ0n) is 21.2. The highest BCUT2D eigenvalue weighted by Crippen LogP contribution is 2.27. The van der Waals surface area contributed by atoms with E-state index in [2.05, 4.69) is 34.9 Å². The molecule has 1 aliphatic rings. The zero-order chi connectivity index (χ0) is 25.6. The summed E-state index contributed by atoms with van der Waals surface area (Å²) in [5, 5.41) is 5.74. The number of carbonyl (C=O) groups is 3. The van der Waals surface area contributed by atoms with Crippen molar-refractivity contribution < 1.29 is 14.4 Å². The van der Waals surface area contributed by atoms with E-state index in [1.165, 1.54) is 4.90 Å². The van der Waals surface area contributed by atoms with Crippen molar-refractivity contribution in [3.05, 3.63) is 84.2 Å². The standard InChI is InChI=1S/C28H36N4O3/c1-20(29-5)26(34)30-25(28(2,3)4)27(35)32-17-16-31(24(33)19-32)18-23(21-12-8-6-9-13-21)22-14-10-7-11-15-22/h6-17,20,23,25,29H,18-19H2,1-5H3,(H,30,34)/t20-,25+/m0/s1. The van der Waals surface area contributed by atoms with Gasteiger partial charge in [-0.2, -0.15) is 0 Å². The van der Waals surface area contributed by atoms with E-state index in [9.17, 15) is 14.4 Å². The van der Waals surface area contributed by atoms with E-state index >= 15 is 0 Å². The summed E-state index contributed by atoms with van der Waals surface area (Å²) >= 11 is 0. The first-order valence-electron chi connectivity index (χ1n) is 12.0. The van der Waals surface area contributed by atoms with Crippen LogP contribution in [-0.4, -0.2) is 59.7 Å². The normalized spacial score (nSPS) is 15.8. The van der Waals surface area contributed by atoms with E-state index in [-0.39, 0.29) is 30.2 Å². The third-order valence-corrected chi connectivity index (χ3v) is 6.34. The van der Waals surface area contributed by atoms with Gasteiger partial charge in [-0.25, -0.2) is 0 Å². The van der Waals surface area contributed by atoms with E-state index in [4.69, 9.17) is 0 Å². The first-order valence-corrected chi connectivity index (χ1v) is 12.0. The minimum absolute atomic E-state index is 0.00195. The molecule has 35 heavy (non-hydrogen) atoms. The molecular formula is C28H36N4O3. The molecule has 0 aliphatic carbocycles. The fourth-order valence-electron chi connectivity index (χ4n) is 4.03. The second kappa shape index (κ2) is 11.3. The molecule has 7 heteroatoms. The van der Waals surface area contributed by atoms with Gasteiger partial charge in [-0.05, 0) is 30.5 Å². The number of likely N-dealkylation sites (N-methyl/N-ethyl adjacent to an activating group) is 1. The molecule has 0 saturated heterocycles. The average Bonchev–Trinajstić information content (AvgIpc) is 2.85. The number of hydrogen-bond donors (Lipinski definition) is 2. The molecule has 0 saturated carbocycles. The Labute approximate surface area is 208 Å². The molecule has 3 amide bonds. The second-order valence-electron chi connectivity index (χ2n) is 10.0. The Hall–Kier alpha value is -3.45. The SMILES string of the molecule is CN[C@@H](C)C(=O)N[C@H](C(=O)N1C=CN(CC(c2ccccc2)c2ccccc2)C(=O)C1)C(C)(C)C. The first-order chi connectivity index (χ1) is 16.6. The lowest BCUT2D eigenvalue weighted by atomic mass is 9.85. The molecule has 2 aromatic carbocycles. The van der Waals surface area contributed by atoms with Crippen LogP contribution in [0.15, 0.2) is 73.1 Å². The highest BCUT2D eigenvalue weighted by molar-refractivity contribution is 5.93. The number of nitrogens with one attached hydrogen (secondary N) is 2. The van der Waals surface area contributed by atoms with Crippen molar-refractivity contribution in [1.29, 1.82) is 0 Å². The molecule has 7 nitrogen and oxygen atoms in total. The van der Waals surface area contributed by atoms with Crippen molar-refractivity contribution in [2.75, 3.05) is 20.1 Å². The fraction of sp³-hybridized carbons (Fsp3) is 0.393. The Bertz CT molecular complexity index is 1010. The molecule has 0 fully saturated rings. The number of hydrogen-bond acceptors (Lipinski definition) is 4. The highest BCUT2D eigenvalue weighted by atomic mass is 16.2. The highest BCUT2D eigenvalue weighted by Gasteiger charge is 2.38. The Balaban J connectivity index is 1.79. The van der Waals surface area contributed by atoms with E-state index in [1.54, 1.807) is 31.3 Å². The lowest BCUT2D eigenvalue weighted by molar-refractivity contribution is -0.142. The van der Waals surface area contributed by atoms with Gasteiger partial charge in [-0.3, -0.25) is 14.4 Å². The Kier molecular flexibility index (Phi) is 8.46. The second-order valence-corrected chi connectivity index (χ2v) is 10.0. The van der Waals surface area contributed by atoms with Crippen LogP contribution in [0.5, 0.6) is 0 Å². The van der Waals surface area contributed by atoms with Crippen molar-refractivity contribution in [3.8, 4) is 0 Å². The number of nitrogens with zero attached hydrogens (tertiary/aromatic N) is 2. The molecule has 1 heterocycles. The topological polar surface area (TPSA) is 81.8 Å². The van der Waals surface area contributed by atoms with Crippen LogP contribution in [0, 0.1) is 5.41 Å². The minimum Gasteiger partial charge on any atom is -0.342 e. The lowest BCUT2D eigenvalue weighted by Crippen LogP contribution is -2.58. The van der Waals surface area contributed by atoms with Gasteiger partial charge in [0.05, 0.1) is 6.04 Å². The summed E-state index contributed by atoms with van der Waals surface area (Å²) in [6.45, 7) is 7.81. The van der Waals surface area contributed by atoms with Crippen molar-refractivity contribution in [2.24, 2.45) is 5.41 Å². The maximum Gasteiger partial charge on any atom is 0.250 e. The van der Waals surface area contributed by atoms with Crippen LogP contribution < -0.4 is 10.6 Å². The third-order valence-electron chi connectivity index (χ3n) is 6.34. The monoisotopic (exact) mass is 476 g/mol. The molecule has 0 radical (unpaired) electrons. The van der Waals surface area contributed by atoms with Crippen LogP contribution in [0.1, 0.15) is 44.7 Å². The summed E-state index contributed by atoms with van der Waals surface area (Å²) in [5.74, 6) is -0.734. The van der Waals surface area contributed by atoms with Crippen LogP contribution >= 0.6 is 0 Å². The van der Waals surface area contributed by atoms with Gasteiger partial charge < -0.3 is 20.4 Å². The van der Waals surface area contributed by atoms with Crippen LogP contribution in [-0.2, 0) is 14.4 Å². The molecule has 1 aliphatic heterocycles. The van der Waals surface area contributed by atoms with Gasteiger partial charge in [-0.1, -0.05) is 81.4 Å². The van der Waals surface area contributed by atoms with Gasteiger partial charge in [0.2, 0.25) is 17.7 Å². The lowest BCUT2D eigenvalue weighted by Gasteiger charge is -2.37. The maximum atomic E-state index is 13.4. The number of amides is 3. The van der Waals surface area contributed by atoms with Gasteiger partial charge in [0.15, 0.2) is 0 Å². The minimum atomic E-state index is -0.767. The molecule has 2 N–H and O–H groups in total. The van der Waals surface area contributed by atoms with Crippen molar-refractivity contribution in [3.63, 3.8) is 0 Å². The van der Waals surface area contributed by atoms with Crippen molar-refractivity contribution in [2.45, 2.75) is 45.7 Å². The molecular weight excluding hydrogens is 440 g/mol. The summed E-state index contributed by atoms with van der Waals surface area (Å²) in [6, 6.07) is 19.0. The molecule has 0 spiro atoms. The maximum absolute atomic E-state index is 13.4. The molecule has 186 valence electrons. The van der Waals surface area contributed by atoms with E-state index in [0.29, 0.717) is 6.54 Å². The van der Waals surface area contributed by atoms with Gasteiger partial charge in [-0.15, -0.1) is 0 Å². The molecule has 0 unspecified atom stereocenters. The van der Waals surface area contributed by atoms with Gasteiger partial charge in [0, 0.05) is 24.9 Å². The summed E-state index contributed by atoms with van der Waals surface area (Å²) in [6.07, 6.45) is 3.31. The molecule has 2 aromatic rings. The van der Waals surface area contributed by atoms with E-state index in [0.717, 1.165) is 11.1 Å². The summed E-state index contributed by atoms with van der Waals surface area (Å²) in [5.41, 5.74) is 1.71. The third kappa shape index (κ3) is 6.57. The molecule has 2 atom stereocenters. The van der Waals surface area contributed by atoms with Crippen molar-refractivity contribution >= 4 is 17.7 Å². The first kappa shape index (κ1) is 26.2. The average molecular weight is 477 g/mol. The largest absolute Gasteiger partial charge is 0.342 e. The zero-order valence-corrected chi connectivity index (χ0v) is 21.2. The molecule has 0 aromatic heterocycles. The molecule has 3 rings (SSSR count). The Morgan fingerprint density at radius 3 is 1.94 bits per heavy atom. The van der Waals surface area contributed by atoms with Crippen LogP contribution in [0.4, 0.5) is 0 Å². The van der Waals surface area contributed by atoms with Gasteiger partial charge in [0.1, 0.15) is 12.6 Å². The smallest absolute Gasteiger partial charge is 0.250 e. The van der Waals surface area contributed by atoms with E-state index in [1.807, 2.05) is 57.2 Å². The quantitative estimate of drug-likeness (QED) is 0.614. The number of carbonyl (C=O) groups excluding carboxylic acids is 3. The Morgan fingerprint density at radius 1 is 0.943 bits per heavy atom. The number of rotatable bonds is 8. The Morgan fingerprint density at radius 2 is 1.49 bits per heavy atom. The summed E-state index contributed by atoms with van der Waals surface area (Å²) in [7, 11) is 1.69. The van der Waals surface area contributed by atoms with E-state index < -0.39 is 17.5 Å². The molecule has 0 bridgehead atoms. The number of benzene rings is 2. The summed E-state index contributed by atoms with van der Waals surface area (Å²) in [4.78, 5) is 42.1. The fourth-order valence-corrected chi connectivity index (χ4v) is 4.03. The van der Waals surface area contributed by atoms with Gasteiger partial charge >= 0.3 is 0 Å². The predicted octanol–water partition coefficient (Wildman–Crippen LogP) is 3.10. The van der Waals surface area contributed by atoms with Crippen LogP contribution in [0.2, 0.25) is 0 Å². The van der Waals surface area contributed by atoms with Crippen molar-refractivity contribution in [1.82, 2.24) is 20.4 Å². The summed E-state index contributed by atoms with van der Waals surface area (Å²) < 4.78 is 0. The van der Waals surface area contributed by atoms with Gasteiger partial charge in [0.25, 0.3) is 0 Å².